The number of alkyl halides is 3. The first-order valence-electron chi connectivity index (χ1n) is 12.5. The van der Waals surface area contributed by atoms with Crippen molar-refractivity contribution in [2.75, 3.05) is 13.6 Å². The Labute approximate surface area is 237 Å². The van der Waals surface area contributed by atoms with Gasteiger partial charge in [-0.3, -0.25) is 28.2 Å². The molecule has 1 fully saturated rings. The van der Waals surface area contributed by atoms with Gasteiger partial charge in [0.1, 0.15) is 22.0 Å². The molecule has 8 nitrogen and oxygen atoms in total. The van der Waals surface area contributed by atoms with Crippen LogP contribution in [0.3, 0.4) is 0 Å². The summed E-state index contributed by atoms with van der Waals surface area (Å²) in [4.78, 5) is 45.0. The van der Waals surface area contributed by atoms with Gasteiger partial charge in [-0.25, -0.2) is 13.6 Å². The van der Waals surface area contributed by atoms with Crippen molar-refractivity contribution in [3.05, 3.63) is 71.3 Å². The van der Waals surface area contributed by atoms with E-state index in [-0.39, 0.29) is 22.3 Å². The molecule has 0 radical (unpaired) electrons. The summed E-state index contributed by atoms with van der Waals surface area (Å²) >= 11 is 2.09. The van der Waals surface area contributed by atoms with Crippen molar-refractivity contribution >= 4 is 38.8 Å². The van der Waals surface area contributed by atoms with Crippen molar-refractivity contribution in [2.45, 2.75) is 38.0 Å². The fraction of sp³-hybridized carbons (Fsp3) is 0.385. The van der Waals surface area contributed by atoms with Gasteiger partial charge in [0.05, 0.1) is 23.7 Å². The van der Waals surface area contributed by atoms with E-state index in [9.17, 15) is 31.9 Å². The molecule has 1 saturated heterocycles. The number of piperidine rings is 1. The minimum Gasteiger partial charge on any atom is -0.300 e. The standard InChI is InChI=1S/C26H24F5N5O3S2/c1-33-9-5-4-6-18(33)36-16(14-7-8-15(27)20(21(14)28)26(29,30)31)12-41-24(36)32-17(37)10-13-11-40-23-19(13)22(38)34(2)25(39)35(23)3/h7-8,11-12,18H,4-6,9-10H2,1-3H3. The van der Waals surface area contributed by atoms with Gasteiger partial charge in [0.2, 0.25) is 0 Å². The summed E-state index contributed by atoms with van der Waals surface area (Å²) in [7, 11) is 4.67. The highest BCUT2D eigenvalue weighted by molar-refractivity contribution is 7.17. The van der Waals surface area contributed by atoms with E-state index in [4.69, 9.17) is 0 Å². The van der Waals surface area contributed by atoms with Crippen molar-refractivity contribution in [2.24, 2.45) is 19.1 Å². The predicted octanol–water partition coefficient (Wildman–Crippen LogP) is 4.41. The fourth-order valence-corrected chi connectivity index (χ4v) is 7.12. The zero-order valence-corrected chi connectivity index (χ0v) is 23.7. The molecule has 1 amide bonds. The molecule has 41 heavy (non-hydrogen) atoms. The van der Waals surface area contributed by atoms with Crippen LogP contribution < -0.4 is 16.1 Å². The number of benzene rings is 1. The first kappa shape index (κ1) is 29.1. The average molecular weight is 614 g/mol. The third-order valence-corrected chi connectivity index (χ3v) is 9.17. The quantitative estimate of drug-likeness (QED) is 0.320. The highest BCUT2D eigenvalue weighted by atomic mass is 32.1. The first-order valence-corrected chi connectivity index (χ1v) is 14.3. The molecule has 1 aliphatic heterocycles. The predicted molar refractivity (Wildman–Crippen MR) is 145 cm³/mol. The number of carbonyl (C=O) groups excluding carboxylic acids is 1. The van der Waals surface area contributed by atoms with Crippen molar-refractivity contribution in [3.63, 3.8) is 0 Å². The van der Waals surface area contributed by atoms with Crippen molar-refractivity contribution in [1.29, 1.82) is 0 Å². The molecule has 0 spiro atoms. The minimum absolute atomic E-state index is 0.0353. The number of aromatic nitrogens is 3. The summed E-state index contributed by atoms with van der Waals surface area (Å²) in [5.41, 5.74) is -3.08. The number of thiazole rings is 1. The van der Waals surface area contributed by atoms with Crippen molar-refractivity contribution in [1.82, 2.24) is 18.6 Å². The monoisotopic (exact) mass is 613 g/mol. The van der Waals surface area contributed by atoms with Gasteiger partial charge in [-0.05, 0) is 55.9 Å². The Bertz CT molecular complexity index is 1860. The smallest absolute Gasteiger partial charge is 0.300 e. The SMILES string of the molecule is CN1CCCCC1n1c(-c2ccc(F)c(C(F)(F)F)c2F)csc1=NC(=O)Cc1csc2c1c(=O)n(C)c(=O)n2C. The van der Waals surface area contributed by atoms with Crippen molar-refractivity contribution in [3.8, 4) is 11.3 Å². The molecule has 1 atom stereocenters. The van der Waals surface area contributed by atoms with Gasteiger partial charge in [0.25, 0.3) is 11.5 Å². The van der Waals surface area contributed by atoms with E-state index < -0.39 is 52.3 Å². The largest absolute Gasteiger partial charge is 0.422 e. The molecule has 0 bridgehead atoms. The first-order chi connectivity index (χ1) is 19.3. The molecule has 0 N–H and O–H groups in total. The summed E-state index contributed by atoms with van der Waals surface area (Å²) in [6.07, 6.45) is -3.74. The zero-order valence-electron chi connectivity index (χ0n) is 22.1. The maximum absolute atomic E-state index is 15.2. The summed E-state index contributed by atoms with van der Waals surface area (Å²) in [6, 6.07) is 1.52. The molecule has 1 unspecified atom stereocenters. The van der Waals surface area contributed by atoms with Crippen molar-refractivity contribution < 1.29 is 26.7 Å². The zero-order chi connectivity index (χ0) is 29.8. The second kappa shape index (κ2) is 10.8. The highest BCUT2D eigenvalue weighted by Crippen LogP contribution is 2.39. The van der Waals surface area contributed by atoms with Gasteiger partial charge in [-0.15, -0.1) is 22.7 Å². The van der Waals surface area contributed by atoms with E-state index in [0.717, 1.165) is 46.1 Å². The average Bonchev–Trinajstić information content (AvgIpc) is 3.50. The second-order valence-electron chi connectivity index (χ2n) is 9.84. The van der Waals surface area contributed by atoms with Gasteiger partial charge >= 0.3 is 11.9 Å². The second-order valence-corrected chi connectivity index (χ2v) is 11.5. The van der Waals surface area contributed by atoms with Gasteiger partial charge < -0.3 is 0 Å². The molecule has 15 heteroatoms. The number of thiophene rings is 1. The van der Waals surface area contributed by atoms with Crippen LogP contribution in [-0.2, 0) is 31.5 Å². The lowest BCUT2D eigenvalue weighted by molar-refractivity contribution is -0.142. The number of likely N-dealkylation sites (tertiary alicyclic amines) is 1. The Hall–Kier alpha value is -3.43. The molecule has 1 aliphatic rings. The molecule has 5 rings (SSSR count). The van der Waals surface area contributed by atoms with E-state index in [2.05, 4.69) is 4.99 Å². The van der Waals surface area contributed by atoms with E-state index in [1.54, 1.807) is 5.38 Å². The number of aryl methyl sites for hydroxylation is 1. The number of halogens is 5. The number of carbonyl (C=O) groups is 1. The highest BCUT2D eigenvalue weighted by Gasteiger charge is 2.39. The van der Waals surface area contributed by atoms with Gasteiger partial charge in [-0.1, -0.05) is 0 Å². The lowest BCUT2D eigenvalue weighted by Crippen LogP contribution is -2.38. The van der Waals surface area contributed by atoms with Crippen LogP contribution in [0.4, 0.5) is 22.0 Å². The molecular weight excluding hydrogens is 589 g/mol. The molecule has 0 saturated carbocycles. The lowest BCUT2D eigenvalue weighted by atomic mass is 10.0. The van der Waals surface area contributed by atoms with Gasteiger partial charge in [0, 0.05) is 25.0 Å². The summed E-state index contributed by atoms with van der Waals surface area (Å²) in [5, 5.41) is 3.23. The van der Waals surface area contributed by atoms with E-state index in [1.807, 2.05) is 11.9 Å². The van der Waals surface area contributed by atoms with E-state index in [1.165, 1.54) is 28.6 Å². The van der Waals surface area contributed by atoms with Crippen LogP contribution in [0.1, 0.15) is 36.6 Å². The molecule has 3 aromatic heterocycles. The Morgan fingerprint density at radius 2 is 1.78 bits per heavy atom. The third-order valence-electron chi connectivity index (χ3n) is 7.23. The number of rotatable bonds is 4. The molecule has 4 aromatic rings. The van der Waals surface area contributed by atoms with Crippen LogP contribution in [0.15, 0.2) is 37.5 Å². The molecular formula is C26H24F5N5O3S2. The number of hydrogen-bond donors (Lipinski definition) is 0. The molecule has 1 aromatic carbocycles. The Balaban J connectivity index is 1.64. The number of amides is 1. The normalized spacial score (nSPS) is 17.1. The number of fused-ring (bicyclic) bond motifs is 1. The third kappa shape index (κ3) is 5.10. The van der Waals surface area contributed by atoms with Gasteiger partial charge in [0.15, 0.2) is 4.80 Å². The van der Waals surface area contributed by atoms with Crippen LogP contribution in [0, 0.1) is 11.6 Å². The number of nitrogens with zero attached hydrogens (tertiary/aromatic N) is 5. The maximum atomic E-state index is 15.2. The molecule has 0 aliphatic carbocycles. The molecule has 218 valence electrons. The Morgan fingerprint density at radius 3 is 2.46 bits per heavy atom. The Kier molecular flexibility index (Phi) is 7.63. The Morgan fingerprint density at radius 1 is 1.05 bits per heavy atom. The van der Waals surface area contributed by atoms with Crippen LogP contribution in [0.25, 0.3) is 21.5 Å². The van der Waals surface area contributed by atoms with Gasteiger partial charge in [-0.2, -0.15) is 18.2 Å². The summed E-state index contributed by atoms with van der Waals surface area (Å²) < 4.78 is 73.5. The maximum Gasteiger partial charge on any atom is 0.422 e. The summed E-state index contributed by atoms with van der Waals surface area (Å²) in [5.74, 6) is -4.11. The lowest BCUT2D eigenvalue weighted by Gasteiger charge is -2.34. The van der Waals surface area contributed by atoms with Crippen LogP contribution in [0.5, 0.6) is 0 Å². The number of hydrogen-bond acceptors (Lipinski definition) is 6. The topological polar surface area (TPSA) is 81.6 Å². The van der Waals surface area contributed by atoms with Crippen LogP contribution in [0.2, 0.25) is 0 Å². The fourth-order valence-electron chi connectivity index (χ4n) is 5.14. The minimum atomic E-state index is -5.25. The summed E-state index contributed by atoms with van der Waals surface area (Å²) in [6.45, 7) is 0.656. The van der Waals surface area contributed by atoms with E-state index in [0.29, 0.717) is 29.4 Å². The molecule has 4 heterocycles. The van der Waals surface area contributed by atoms with Crippen LogP contribution >= 0.6 is 22.7 Å². The van der Waals surface area contributed by atoms with Crippen LogP contribution in [-0.4, -0.2) is 38.1 Å². The van der Waals surface area contributed by atoms with E-state index >= 15 is 4.39 Å².